The third kappa shape index (κ3) is 3.82. The van der Waals surface area contributed by atoms with Gasteiger partial charge in [-0.1, -0.05) is 63.6 Å². The molecule has 3 heteroatoms. The van der Waals surface area contributed by atoms with E-state index in [2.05, 4.69) is 45.0 Å². The highest BCUT2D eigenvalue weighted by atomic mass is 16.6. The van der Waals surface area contributed by atoms with Gasteiger partial charge in [-0.05, 0) is 60.8 Å². The summed E-state index contributed by atoms with van der Waals surface area (Å²) in [7, 11) is 1.60. The van der Waals surface area contributed by atoms with Crippen LogP contribution in [0.4, 0.5) is 0 Å². The van der Waals surface area contributed by atoms with Gasteiger partial charge in [-0.25, -0.2) is 4.79 Å². The molecule has 3 rings (SSSR count). The van der Waals surface area contributed by atoms with Crippen LogP contribution in [0.5, 0.6) is 0 Å². The van der Waals surface area contributed by atoms with Crippen LogP contribution in [0.15, 0.2) is 36.4 Å². The highest BCUT2D eigenvalue weighted by Crippen LogP contribution is 2.39. The molecule has 0 heterocycles. The van der Waals surface area contributed by atoms with Gasteiger partial charge >= 0.3 is 5.97 Å². The van der Waals surface area contributed by atoms with Crippen LogP contribution in [0.2, 0.25) is 0 Å². The van der Waals surface area contributed by atoms with E-state index in [0.717, 1.165) is 34.7 Å². The van der Waals surface area contributed by atoms with Crippen molar-refractivity contribution in [1.29, 1.82) is 0 Å². The summed E-state index contributed by atoms with van der Waals surface area (Å²) in [6.45, 7) is 10.6. The van der Waals surface area contributed by atoms with Gasteiger partial charge in [0, 0.05) is 12.7 Å². The fourth-order valence-corrected chi connectivity index (χ4v) is 4.80. The number of hydrogen-bond donors (Lipinski definition) is 0. The maximum Gasteiger partial charge on any atom is 0.343 e. The highest BCUT2D eigenvalue weighted by Gasteiger charge is 2.43. The summed E-state index contributed by atoms with van der Waals surface area (Å²) in [5.41, 5.74) is 0.813. The lowest BCUT2D eigenvalue weighted by atomic mass is 9.75. The number of fused-ring (bicyclic) bond motifs is 1. The molecule has 2 aromatic rings. The standard InChI is InChI=1S/C25H34O3/c1-16(2)20-14-11-17(3)15-22(20)28-24(26)25(5,27-6)23-18(4)12-13-19-9-7-8-10-21(19)23/h7-10,12-13,16-17,20,22H,11,14-15H2,1-6H3/t17-,20+,22-,25+/m1/s1. The topological polar surface area (TPSA) is 35.5 Å². The summed E-state index contributed by atoms with van der Waals surface area (Å²) in [5.74, 6) is 1.22. The number of hydrogen-bond acceptors (Lipinski definition) is 3. The second kappa shape index (κ2) is 8.24. The minimum atomic E-state index is -1.13. The van der Waals surface area contributed by atoms with Gasteiger partial charge in [-0.3, -0.25) is 0 Å². The summed E-state index contributed by atoms with van der Waals surface area (Å²) >= 11 is 0. The molecule has 0 unspecified atom stereocenters. The Balaban J connectivity index is 1.98. The summed E-state index contributed by atoms with van der Waals surface area (Å²) in [5, 5.41) is 2.15. The number of benzene rings is 2. The van der Waals surface area contributed by atoms with Crippen molar-refractivity contribution in [3.8, 4) is 0 Å². The number of rotatable bonds is 5. The largest absolute Gasteiger partial charge is 0.460 e. The van der Waals surface area contributed by atoms with E-state index in [9.17, 15) is 4.79 Å². The maximum absolute atomic E-state index is 13.5. The monoisotopic (exact) mass is 382 g/mol. The Morgan fingerprint density at radius 2 is 1.86 bits per heavy atom. The fraction of sp³-hybridized carbons (Fsp3) is 0.560. The molecule has 0 aromatic heterocycles. The molecular formula is C25H34O3. The van der Waals surface area contributed by atoms with E-state index in [-0.39, 0.29) is 12.1 Å². The molecule has 3 nitrogen and oxygen atoms in total. The van der Waals surface area contributed by atoms with Crippen molar-refractivity contribution in [3.05, 3.63) is 47.5 Å². The van der Waals surface area contributed by atoms with Crippen molar-refractivity contribution in [2.24, 2.45) is 17.8 Å². The molecular weight excluding hydrogens is 348 g/mol. The lowest BCUT2D eigenvalue weighted by Crippen LogP contribution is -2.43. The fourth-order valence-electron chi connectivity index (χ4n) is 4.80. The quantitative estimate of drug-likeness (QED) is 0.594. The van der Waals surface area contributed by atoms with E-state index >= 15 is 0 Å². The number of ether oxygens (including phenoxy) is 2. The Morgan fingerprint density at radius 3 is 2.54 bits per heavy atom. The predicted molar refractivity (Wildman–Crippen MR) is 114 cm³/mol. The SMILES string of the molecule is CO[C@](C)(C(=O)O[C@@H]1C[C@H](C)CC[C@H]1C(C)C)c1c(C)ccc2ccccc12. The van der Waals surface area contributed by atoms with E-state index in [4.69, 9.17) is 9.47 Å². The Labute approximate surface area is 169 Å². The van der Waals surface area contributed by atoms with Gasteiger partial charge in [0.2, 0.25) is 0 Å². The molecule has 0 aliphatic heterocycles. The summed E-state index contributed by atoms with van der Waals surface area (Å²) in [6, 6.07) is 12.3. The zero-order valence-corrected chi connectivity index (χ0v) is 18.1. The predicted octanol–water partition coefficient (Wildman–Crippen LogP) is 6.01. The molecule has 0 radical (unpaired) electrons. The molecule has 2 aromatic carbocycles. The molecule has 0 bridgehead atoms. The molecule has 28 heavy (non-hydrogen) atoms. The van der Waals surface area contributed by atoms with Crippen molar-refractivity contribution in [3.63, 3.8) is 0 Å². The Hall–Kier alpha value is -1.87. The highest BCUT2D eigenvalue weighted by molar-refractivity contribution is 5.93. The summed E-state index contributed by atoms with van der Waals surface area (Å²) in [6.07, 6.45) is 3.22. The van der Waals surface area contributed by atoms with Gasteiger partial charge in [0.15, 0.2) is 5.60 Å². The molecule has 1 aliphatic rings. The average molecular weight is 383 g/mol. The third-order valence-electron chi connectivity index (χ3n) is 6.63. The van der Waals surface area contributed by atoms with Crippen molar-refractivity contribution in [2.45, 2.75) is 65.6 Å². The summed E-state index contributed by atoms with van der Waals surface area (Å²) < 4.78 is 12.1. The normalized spacial score (nSPS) is 24.9. The van der Waals surface area contributed by atoms with Gasteiger partial charge in [0.25, 0.3) is 0 Å². The first-order chi connectivity index (χ1) is 13.3. The van der Waals surface area contributed by atoms with Crippen LogP contribution in [-0.4, -0.2) is 19.2 Å². The molecule has 1 saturated carbocycles. The molecule has 0 amide bonds. The van der Waals surface area contributed by atoms with E-state index in [1.165, 1.54) is 6.42 Å². The molecule has 1 fully saturated rings. The van der Waals surface area contributed by atoms with Crippen LogP contribution in [0.1, 0.15) is 58.1 Å². The van der Waals surface area contributed by atoms with Crippen LogP contribution in [0.25, 0.3) is 10.8 Å². The molecule has 4 atom stereocenters. The van der Waals surface area contributed by atoms with E-state index in [1.54, 1.807) is 7.11 Å². The van der Waals surface area contributed by atoms with Crippen molar-refractivity contribution >= 4 is 16.7 Å². The molecule has 0 spiro atoms. The second-order valence-corrected chi connectivity index (χ2v) is 8.99. The first-order valence-electron chi connectivity index (χ1n) is 10.5. The van der Waals surface area contributed by atoms with Gasteiger partial charge < -0.3 is 9.47 Å². The van der Waals surface area contributed by atoms with Crippen molar-refractivity contribution in [1.82, 2.24) is 0 Å². The molecule has 1 aliphatic carbocycles. The van der Waals surface area contributed by atoms with Crippen molar-refractivity contribution < 1.29 is 14.3 Å². The number of methoxy groups -OCH3 is 1. The van der Waals surface area contributed by atoms with Gasteiger partial charge in [0.05, 0.1) is 0 Å². The van der Waals surface area contributed by atoms with Crippen LogP contribution < -0.4 is 0 Å². The number of carbonyl (C=O) groups is 1. The first kappa shape index (κ1) is 20.9. The van der Waals surface area contributed by atoms with Crippen LogP contribution in [0, 0.1) is 24.7 Å². The number of esters is 1. The first-order valence-corrected chi connectivity index (χ1v) is 10.5. The minimum Gasteiger partial charge on any atom is -0.460 e. The van der Waals surface area contributed by atoms with Crippen molar-refractivity contribution in [2.75, 3.05) is 7.11 Å². The van der Waals surface area contributed by atoms with E-state index in [1.807, 2.05) is 26.0 Å². The third-order valence-corrected chi connectivity index (χ3v) is 6.63. The molecule has 0 N–H and O–H groups in total. The smallest absolute Gasteiger partial charge is 0.343 e. The lowest BCUT2D eigenvalue weighted by molar-refractivity contribution is -0.180. The van der Waals surface area contributed by atoms with E-state index < -0.39 is 5.60 Å². The minimum absolute atomic E-state index is 0.0407. The summed E-state index contributed by atoms with van der Waals surface area (Å²) in [4.78, 5) is 13.5. The van der Waals surface area contributed by atoms with Gasteiger partial charge in [-0.15, -0.1) is 0 Å². The van der Waals surface area contributed by atoms with Crippen LogP contribution in [0.3, 0.4) is 0 Å². The van der Waals surface area contributed by atoms with Gasteiger partial charge in [-0.2, -0.15) is 0 Å². The van der Waals surface area contributed by atoms with Crippen LogP contribution in [-0.2, 0) is 19.9 Å². The Morgan fingerprint density at radius 1 is 1.14 bits per heavy atom. The molecule has 152 valence electrons. The van der Waals surface area contributed by atoms with E-state index in [0.29, 0.717) is 17.8 Å². The number of aryl methyl sites for hydroxylation is 1. The lowest BCUT2D eigenvalue weighted by Gasteiger charge is -2.39. The van der Waals surface area contributed by atoms with Crippen LogP contribution >= 0.6 is 0 Å². The zero-order chi connectivity index (χ0) is 20.5. The maximum atomic E-state index is 13.5. The zero-order valence-electron chi connectivity index (χ0n) is 18.1. The van der Waals surface area contributed by atoms with Gasteiger partial charge in [0.1, 0.15) is 6.10 Å². The Bertz CT molecular complexity index is 841. The Kier molecular flexibility index (Phi) is 6.14. The second-order valence-electron chi connectivity index (χ2n) is 8.99. The molecule has 0 saturated heterocycles. The average Bonchev–Trinajstić information content (AvgIpc) is 2.67. The number of carbonyl (C=O) groups excluding carboxylic acids is 1.